The van der Waals surface area contributed by atoms with Gasteiger partial charge in [-0.1, -0.05) is 31.2 Å². The molecule has 0 saturated heterocycles. The van der Waals surface area contributed by atoms with Gasteiger partial charge in [-0.25, -0.2) is 4.98 Å². The second-order valence-electron chi connectivity index (χ2n) is 9.94. The fraction of sp³-hybridized carbons (Fsp3) is 0.519. The number of aliphatic hydroxyl groups is 1. The molecule has 1 N–H and O–H groups in total. The van der Waals surface area contributed by atoms with E-state index in [9.17, 15) is 14.7 Å². The molecule has 2 aromatic rings. The summed E-state index contributed by atoms with van der Waals surface area (Å²) in [4.78, 5) is 34.2. The van der Waals surface area contributed by atoms with Gasteiger partial charge >= 0.3 is 0 Å². The zero-order valence-electron chi connectivity index (χ0n) is 20.5. The molecule has 1 saturated carbocycles. The average Bonchev–Trinajstić information content (AvgIpc) is 3.64. The molecule has 7 nitrogen and oxygen atoms in total. The van der Waals surface area contributed by atoms with E-state index in [1.807, 2.05) is 58.2 Å². The van der Waals surface area contributed by atoms with E-state index in [1.165, 1.54) is 0 Å². The Hall–Kier alpha value is -2.93. The molecule has 182 valence electrons. The summed E-state index contributed by atoms with van der Waals surface area (Å²) in [5, 5.41) is 9.85. The standard InChI is InChI=1S/C27H35N3O4/c1-17-7-5-6-8-22(17)21-12-23-26(28-13-21)34-24(15-29(4)25(32)11-20-9-10-20)18(2)14-30(27(23)33)19(3)16-31/h5-8,12-13,18-20,24,31H,9-11,14-16H2,1-4H3/t18-,19-,24+/m0/s1. The van der Waals surface area contributed by atoms with Gasteiger partial charge in [0.25, 0.3) is 5.91 Å². The Bertz CT molecular complexity index is 1050. The molecule has 1 aromatic heterocycles. The predicted octanol–water partition coefficient (Wildman–Crippen LogP) is 3.54. The van der Waals surface area contributed by atoms with Gasteiger partial charge in [0.1, 0.15) is 11.7 Å². The zero-order valence-corrected chi connectivity index (χ0v) is 20.5. The molecule has 2 heterocycles. The maximum absolute atomic E-state index is 13.6. The number of pyridine rings is 1. The number of aromatic nitrogens is 1. The minimum absolute atomic E-state index is 0.0554. The second kappa shape index (κ2) is 10.1. The summed E-state index contributed by atoms with van der Waals surface area (Å²) in [7, 11) is 1.81. The van der Waals surface area contributed by atoms with Crippen LogP contribution in [0.25, 0.3) is 11.1 Å². The summed E-state index contributed by atoms with van der Waals surface area (Å²) in [6.45, 7) is 6.58. The number of hydrogen-bond acceptors (Lipinski definition) is 5. The smallest absolute Gasteiger partial charge is 0.259 e. The van der Waals surface area contributed by atoms with Crippen molar-refractivity contribution in [1.82, 2.24) is 14.8 Å². The van der Waals surface area contributed by atoms with Crippen molar-refractivity contribution in [1.29, 1.82) is 0 Å². The van der Waals surface area contributed by atoms with Gasteiger partial charge in [0.2, 0.25) is 11.8 Å². The summed E-state index contributed by atoms with van der Waals surface area (Å²) in [6, 6.07) is 9.45. The maximum Gasteiger partial charge on any atom is 0.259 e. The number of carbonyl (C=O) groups is 2. The number of rotatable bonds is 7. The van der Waals surface area contributed by atoms with Crippen LogP contribution in [0.5, 0.6) is 5.88 Å². The summed E-state index contributed by atoms with van der Waals surface area (Å²) >= 11 is 0. The number of nitrogens with zero attached hydrogens (tertiary/aromatic N) is 3. The summed E-state index contributed by atoms with van der Waals surface area (Å²) in [6.07, 6.45) is 4.25. The minimum Gasteiger partial charge on any atom is -0.472 e. The van der Waals surface area contributed by atoms with Gasteiger partial charge in [0.15, 0.2) is 0 Å². The third-order valence-corrected chi connectivity index (χ3v) is 7.02. The van der Waals surface area contributed by atoms with E-state index in [0.29, 0.717) is 31.0 Å². The summed E-state index contributed by atoms with van der Waals surface area (Å²) in [5.41, 5.74) is 3.31. The van der Waals surface area contributed by atoms with Gasteiger partial charge < -0.3 is 19.6 Å². The lowest BCUT2D eigenvalue weighted by Crippen LogP contribution is -2.50. The van der Waals surface area contributed by atoms with Gasteiger partial charge in [-0.05, 0) is 49.8 Å². The van der Waals surface area contributed by atoms with Crippen molar-refractivity contribution in [2.75, 3.05) is 26.7 Å². The topological polar surface area (TPSA) is 83.0 Å². The molecule has 0 spiro atoms. The van der Waals surface area contributed by atoms with E-state index < -0.39 is 0 Å². The Morgan fingerprint density at radius 1 is 1.29 bits per heavy atom. The number of carbonyl (C=O) groups excluding carboxylic acids is 2. The number of benzene rings is 1. The van der Waals surface area contributed by atoms with Gasteiger partial charge in [-0.3, -0.25) is 9.59 Å². The molecule has 1 aliphatic heterocycles. The number of aryl methyl sites for hydroxylation is 1. The third-order valence-electron chi connectivity index (χ3n) is 7.02. The maximum atomic E-state index is 13.6. The molecule has 3 atom stereocenters. The van der Waals surface area contributed by atoms with Crippen molar-refractivity contribution in [2.45, 2.75) is 52.2 Å². The van der Waals surface area contributed by atoms with E-state index in [1.54, 1.807) is 16.0 Å². The Balaban J connectivity index is 1.67. The van der Waals surface area contributed by atoms with Crippen molar-refractivity contribution in [3.05, 3.63) is 47.7 Å². The fourth-order valence-electron chi connectivity index (χ4n) is 4.46. The van der Waals surface area contributed by atoms with Crippen LogP contribution in [0.2, 0.25) is 0 Å². The molecule has 0 unspecified atom stereocenters. The lowest BCUT2D eigenvalue weighted by atomic mass is 9.98. The number of ether oxygens (including phenoxy) is 1. The van der Waals surface area contributed by atoms with Crippen LogP contribution >= 0.6 is 0 Å². The number of likely N-dealkylation sites (N-methyl/N-ethyl adjacent to an activating group) is 1. The zero-order chi connectivity index (χ0) is 24.4. The molecule has 2 aliphatic rings. The van der Waals surface area contributed by atoms with E-state index in [0.717, 1.165) is 29.5 Å². The molecule has 34 heavy (non-hydrogen) atoms. The highest BCUT2D eigenvalue weighted by Crippen LogP contribution is 2.34. The van der Waals surface area contributed by atoms with E-state index in [4.69, 9.17) is 4.74 Å². The highest BCUT2D eigenvalue weighted by atomic mass is 16.5. The molecule has 0 bridgehead atoms. The Kier molecular flexibility index (Phi) is 7.22. The van der Waals surface area contributed by atoms with Gasteiger partial charge in [-0.15, -0.1) is 0 Å². The van der Waals surface area contributed by atoms with Crippen LogP contribution in [0.15, 0.2) is 36.5 Å². The molecule has 2 amide bonds. The molecule has 1 fully saturated rings. The first kappa shape index (κ1) is 24.2. The first-order valence-corrected chi connectivity index (χ1v) is 12.2. The van der Waals surface area contributed by atoms with Crippen LogP contribution in [0, 0.1) is 18.8 Å². The number of hydrogen-bond donors (Lipinski definition) is 1. The SMILES string of the molecule is Cc1ccccc1-c1cnc2c(c1)C(=O)N([C@@H](C)CO)C[C@H](C)[C@@H](CN(C)C(=O)CC1CC1)O2. The number of fused-ring (bicyclic) bond motifs is 1. The molecule has 4 rings (SSSR count). The van der Waals surface area contributed by atoms with Crippen molar-refractivity contribution >= 4 is 11.8 Å². The van der Waals surface area contributed by atoms with Crippen LogP contribution in [-0.4, -0.2) is 70.6 Å². The quantitative estimate of drug-likeness (QED) is 0.676. The van der Waals surface area contributed by atoms with Crippen molar-refractivity contribution in [2.24, 2.45) is 11.8 Å². The number of aliphatic hydroxyl groups excluding tert-OH is 1. The first-order valence-electron chi connectivity index (χ1n) is 12.2. The first-order chi connectivity index (χ1) is 16.3. The van der Waals surface area contributed by atoms with E-state index in [2.05, 4.69) is 4.98 Å². The Morgan fingerprint density at radius 2 is 2.03 bits per heavy atom. The van der Waals surface area contributed by atoms with Crippen LogP contribution in [-0.2, 0) is 4.79 Å². The van der Waals surface area contributed by atoms with Crippen LogP contribution in [0.4, 0.5) is 0 Å². The largest absolute Gasteiger partial charge is 0.472 e. The summed E-state index contributed by atoms with van der Waals surface area (Å²) < 4.78 is 6.33. The van der Waals surface area contributed by atoms with Gasteiger partial charge in [0, 0.05) is 37.7 Å². The second-order valence-corrected chi connectivity index (χ2v) is 9.94. The van der Waals surface area contributed by atoms with E-state index in [-0.39, 0.29) is 42.4 Å². The van der Waals surface area contributed by atoms with Crippen molar-refractivity contribution < 1.29 is 19.4 Å². The van der Waals surface area contributed by atoms with Crippen LogP contribution < -0.4 is 4.74 Å². The molecule has 0 radical (unpaired) electrons. The monoisotopic (exact) mass is 465 g/mol. The van der Waals surface area contributed by atoms with Crippen LogP contribution in [0.1, 0.15) is 49.0 Å². The van der Waals surface area contributed by atoms with Crippen LogP contribution in [0.3, 0.4) is 0 Å². The molecule has 7 heteroatoms. The normalized spacial score (nSPS) is 21.2. The molecular weight excluding hydrogens is 430 g/mol. The Morgan fingerprint density at radius 3 is 2.71 bits per heavy atom. The predicted molar refractivity (Wildman–Crippen MR) is 131 cm³/mol. The van der Waals surface area contributed by atoms with Crippen molar-refractivity contribution in [3.63, 3.8) is 0 Å². The lowest BCUT2D eigenvalue weighted by molar-refractivity contribution is -0.131. The third kappa shape index (κ3) is 5.25. The average molecular weight is 466 g/mol. The van der Waals surface area contributed by atoms with Gasteiger partial charge in [-0.2, -0.15) is 0 Å². The highest BCUT2D eigenvalue weighted by Gasteiger charge is 2.35. The fourth-order valence-corrected chi connectivity index (χ4v) is 4.46. The lowest BCUT2D eigenvalue weighted by Gasteiger charge is -2.37. The Labute approximate surface area is 201 Å². The van der Waals surface area contributed by atoms with Gasteiger partial charge in [0.05, 0.1) is 19.2 Å². The minimum atomic E-state index is -0.349. The van der Waals surface area contributed by atoms with Crippen molar-refractivity contribution in [3.8, 4) is 17.0 Å². The van der Waals surface area contributed by atoms with E-state index >= 15 is 0 Å². The molecular formula is C27H35N3O4. The number of amides is 2. The molecule has 1 aromatic carbocycles. The summed E-state index contributed by atoms with van der Waals surface area (Å²) in [5.74, 6) is 0.659. The molecule has 1 aliphatic carbocycles. The highest BCUT2D eigenvalue weighted by molar-refractivity contribution is 5.98.